The van der Waals surface area contributed by atoms with E-state index in [1.165, 1.54) is 18.4 Å². The van der Waals surface area contributed by atoms with Gasteiger partial charge in [0.1, 0.15) is 0 Å². The molecule has 0 aromatic carbocycles. The third-order valence-corrected chi connectivity index (χ3v) is 3.86. The Balaban J connectivity index is 2.27. The van der Waals surface area contributed by atoms with Crippen LogP contribution in [0.3, 0.4) is 0 Å². The molecule has 1 nitrogen and oxygen atoms in total. The van der Waals surface area contributed by atoms with Gasteiger partial charge in [0.05, 0.1) is 0 Å². The van der Waals surface area contributed by atoms with Gasteiger partial charge < -0.3 is 5.32 Å². The molecule has 12 heavy (non-hydrogen) atoms. The monoisotopic (exact) mass is 181 g/mol. The predicted octanol–water partition coefficient (Wildman–Crippen LogP) is 2.31. The van der Waals surface area contributed by atoms with Gasteiger partial charge in [0, 0.05) is 11.4 Å². The van der Waals surface area contributed by atoms with Gasteiger partial charge in [0.25, 0.3) is 0 Å². The summed E-state index contributed by atoms with van der Waals surface area (Å²) in [5, 5.41) is 5.57. The first-order chi connectivity index (χ1) is 5.83. The lowest BCUT2D eigenvalue weighted by Crippen LogP contribution is -2.15. The fourth-order valence-corrected chi connectivity index (χ4v) is 3.29. The maximum absolute atomic E-state index is 3.27. The molecular weight excluding hydrogens is 166 g/mol. The molecule has 1 aliphatic carbocycles. The molecule has 1 aromatic heterocycles. The van der Waals surface area contributed by atoms with Crippen LogP contribution in [0, 0.1) is 6.92 Å². The summed E-state index contributed by atoms with van der Waals surface area (Å²) in [4.78, 5) is 1.63. The first-order valence-electron chi connectivity index (χ1n) is 4.54. The average Bonchev–Trinajstić information content (AvgIpc) is 2.58. The number of likely N-dealkylation sites (N-methyl/N-ethyl adjacent to an activating group) is 1. The van der Waals surface area contributed by atoms with Crippen molar-refractivity contribution in [2.45, 2.75) is 25.7 Å². The fraction of sp³-hybridized carbons (Fsp3) is 0.600. The number of rotatable bonds is 2. The lowest BCUT2D eigenvalue weighted by Gasteiger charge is -2.09. The Morgan fingerprint density at radius 2 is 2.50 bits per heavy atom. The fourth-order valence-electron chi connectivity index (χ4n) is 2.15. The van der Waals surface area contributed by atoms with E-state index in [1.54, 1.807) is 10.4 Å². The third kappa shape index (κ3) is 1.19. The molecule has 1 aliphatic rings. The molecule has 1 N–H and O–H groups in total. The molecule has 0 radical (unpaired) electrons. The highest BCUT2D eigenvalue weighted by atomic mass is 32.1. The molecule has 1 heterocycles. The first-order valence-corrected chi connectivity index (χ1v) is 5.42. The van der Waals surface area contributed by atoms with Gasteiger partial charge in [-0.05, 0) is 49.2 Å². The minimum Gasteiger partial charge on any atom is -0.319 e. The highest BCUT2D eigenvalue weighted by Crippen LogP contribution is 2.38. The van der Waals surface area contributed by atoms with E-state index >= 15 is 0 Å². The van der Waals surface area contributed by atoms with E-state index in [0.717, 1.165) is 12.5 Å². The lowest BCUT2D eigenvalue weighted by molar-refractivity contribution is 0.621. The van der Waals surface area contributed by atoms with Crippen LogP contribution < -0.4 is 5.32 Å². The normalized spacial score (nSPS) is 21.3. The van der Waals surface area contributed by atoms with E-state index in [1.807, 2.05) is 18.4 Å². The van der Waals surface area contributed by atoms with Crippen LogP contribution in [0.15, 0.2) is 5.38 Å². The van der Waals surface area contributed by atoms with Crippen LogP contribution in [-0.2, 0) is 6.42 Å². The minimum absolute atomic E-state index is 0.788. The largest absolute Gasteiger partial charge is 0.319 e. The summed E-state index contributed by atoms with van der Waals surface area (Å²) in [6.07, 6.45) is 2.66. The Morgan fingerprint density at radius 1 is 1.67 bits per heavy atom. The average molecular weight is 181 g/mol. The Hall–Kier alpha value is -0.340. The summed E-state index contributed by atoms with van der Waals surface area (Å²) >= 11 is 1.94. The van der Waals surface area contributed by atoms with Gasteiger partial charge in [-0.3, -0.25) is 0 Å². The van der Waals surface area contributed by atoms with Crippen molar-refractivity contribution in [3.05, 3.63) is 21.4 Å². The van der Waals surface area contributed by atoms with Crippen molar-refractivity contribution in [2.24, 2.45) is 0 Å². The van der Waals surface area contributed by atoms with E-state index in [-0.39, 0.29) is 0 Å². The number of aryl methyl sites for hydroxylation is 2. The molecule has 2 heteroatoms. The highest BCUT2D eigenvalue weighted by Gasteiger charge is 2.24. The van der Waals surface area contributed by atoms with Crippen LogP contribution in [0.1, 0.15) is 28.3 Å². The van der Waals surface area contributed by atoms with Gasteiger partial charge in [-0.1, -0.05) is 0 Å². The van der Waals surface area contributed by atoms with Gasteiger partial charge in [-0.2, -0.15) is 0 Å². The zero-order valence-corrected chi connectivity index (χ0v) is 8.50. The van der Waals surface area contributed by atoms with Gasteiger partial charge in [-0.25, -0.2) is 0 Å². The van der Waals surface area contributed by atoms with Crippen LogP contribution in [0.4, 0.5) is 0 Å². The van der Waals surface area contributed by atoms with Gasteiger partial charge in [0.15, 0.2) is 0 Å². The summed E-state index contributed by atoms with van der Waals surface area (Å²) < 4.78 is 0. The molecule has 0 amide bonds. The Labute approximate surface area is 77.8 Å². The number of thiophene rings is 1. The van der Waals surface area contributed by atoms with Crippen molar-refractivity contribution >= 4 is 11.3 Å². The second-order valence-corrected chi connectivity index (χ2v) is 4.51. The highest BCUT2D eigenvalue weighted by molar-refractivity contribution is 7.10. The van der Waals surface area contributed by atoms with Crippen molar-refractivity contribution in [1.82, 2.24) is 5.32 Å². The molecule has 0 aliphatic heterocycles. The SMILES string of the molecule is CNCC1CCc2scc(C)c21. The van der Waals surface area contributed by atoms with Crippen molar-refractivity contribution in [3.8, 4) is 0 Å². The summed E-state index contributed by atoms with van der Waals surface area (Å²) in [5.41, 5.74) is 3.15. The zero-order chi connectivity index (χ0) is 8.55. The second kappa shape index (κ2) is 3.19. The van der Waals surface area contributed by atoms with E-state index in [9.17, 15) is 0 Å². The van der Waals surface area contributed by atoms with E-state index < -0.39 is 0 Å². The van der Waals surface area contributed by atoms with Crippen LogP contribution in [-0.4, -0.2) is 13.6 Å². The van der Waals surface area contributed by atoms with Crippen molar-refractivity contribution < 1.29 is 0 Å². The molecule has 1 atom stereocenters. The molecule has 1 unspecified atom stereocenters. The molecule has 0 spiro atoms. The molecule has 66 valence electrons. The number of hydrogen-bond donors (Lipinski definition) is 1. The maximum Gasteiger partial charge on any atom is 0.00834 e. The summed E-state index contributed by atoms with van der Waals surface area (Å²) in [5.74, 6) is 0.788. The standard InChI is InChI=1S/C10H15NS/c1-7-6-12-9-4-3-8(5-11-2)10(7)9/h6,8,11H,3-5H2,1-2H3. The van der Waals surface area contributed by atoms with Crippen molar-refractivity contribution in [1.29, 1.82) is 0 Å². The maximum atomic E-state index is 3.27. The summed E-state index contributed by atoms with van der Waals surface area (Å²) in [7, 11) is 2.04. The quantitative estimate of drug-likeness (QED) is 0.738. The molecule has 0 saturated heterocycles. The Bertz CT molecular complexity index is 277. The third-order valence-electron chi connectivity index (χ3n) is 2.68. The Morgan fingerprint density at radius 3 is 3.25 bits per heavy atom. The van der Waals surface area contributed by atoms with E-state index in [0.29, 0.717) is 0 Å². The summed E-state index contributed by atoms with van der Waals surface area (Å²) in [6, 6.07) is 0. The van der Waals surface area contributed by atoms with Gasteiger partial charge in [0.2, 0.25) is 0 Å². The molecule has 0 fully saturated rings. The van der Waals surface area contributed by atoms with Gasteiger partial charge >= 0.3 is 0 Å². The van der Waals surface area contributed by atoms with Crippen LogP contribution >= 0.6 is 11.3 Å². The molecule has 0 saturated carbocycles. The molecular formula is C10H15NS. The van der Waals surface area contributed by atoms with Crippen molar-refractivity contribution in [3.63, 3.8) is 0 Å². The lowest BCUT2D eigenvalue weighted by atomic mass is 10.0. The number of hydrogen-bond acceptors (Lipinski definition) is 2. The number of fused-ring (bicyclic) bond motifs is 1. The minimum atomic E-state index is 0.788. The molecule has 0 bridgehead atoms. The summed E-state index contributed by atoms with van der Waals surface area (Å²) in [6.45, 7) is 3.38. The van der Waals surface area contributed by atoms with Crippen LogP contribution in [0.5, 0.6) is 0 Å². The Kier molecular flexibility index (Phi) is 2.20. The second-order valence-electron chi connectivity index (χ2n) is 3.55. The zero-order valence-electron chi connectivity index (χ0n) is 7.68. The first kappa shape index (κ1) is 8.27. The smallest absolute Gasteiger partial charge is 0.00834 e. The van der Waals surface area contributed by atoms with Crippen molar-refractivity contribution in [2.75, 3.05) is 13.6 Å². The predicted molar refractivity (Wildman–Crippen MR) is 54.0 cm³/mol. The molecule has 2 rings (SSSR count). The van der Waals surface area contributed by atoms with E-state index in [2.05, 4.69) is 17.6 Å². The number of nitrogens with one attached hydrogen (secondary N) is 1. The topological polar surface area (TPSA) is 12.0 Å². The van der Waals surface area contributed by atoms with E-state index in [4.69, 9.17) is 0 Å². The van der Waals surface area contributed by atoms with Crippen LogP contribution in [0.25, 0.3) is 0 Å². The van der Waals surface area contributed by atoms with Crippen LogP contribution in [0.2, 0.25) is 0 Å². The van der Waals surface area contributed by atoms with Gasteiger partial charge in [-0.15, -0.1) is 11.3 Å². The molecule has 1 aromatic rings.